The maximum Gasteiger partial charge on any atom is 0.300 e. The van der Waals surface area contributed by atoms with Gasteiger partial charge in [0.15, 0.2) is 11.5 Å². The van der Waals surface area contributed by atoms with Crippen LogP contribution in [0.4, 0.5) is 10.1 Å². The van der Waals surface area contributed by atoms with Crippen molar-refractivity contribution in [2.45, 2.75) is 19.9 Å². The van der Waals surface area contributed by atoms with Gasteiger partial charge in [-0.3, -0.25) is 14.5 Å². The molecule has 0 radical (unpaired) electrons. The molecule has 1 aliphatic heterocycles. The van der Waals surface area contributed by atoms with Gasteiger partial charge in [0.25, 0.3) is 11.7 Å². The predicted octanol–water partition coefficient (Wildman–Crippen LogP) is 6.26. The standard InChI is InChI=1S/C27H22Cl2FNO6/c1-3-36-16-7-8-18(28)17(13-16)25(33)23-24(14-5-10-21(32)22(11-14)37-4-2)31(27(35)26(23)34)15-6-9-20(30)19(29)12-15/h5-13,24,32-33H,3-4H2,1-2H3/b25-23+. The Morgan fingerprint density at radius 2 is 1.70 bits per heavy atom. The largest absolute Gasteiger partial charge is 0.507 e. The van der Waals surface area contributed by atoms with E-state index in [0.29, 0.717) is 17.9 Å². The number of phenolic OH excluding ortho intramolecular Hbond substituents is 1. The smallest absolute Gasteiger partial charge is 0.300 e. The van der Waals surface area contributed by atoms with Gasteiger partial charge in [-0.1, -0.05) is 29.3 Å². The Balaban J connectivity index is 1.99. The molecule has 7 nitrogen and oxygen atoms in total. The number of Topliss-reactive ketones (excluding diaryl/α,β-unsaturated/α-hetero) is 1. The van der Waals surface area contributed by atoms with E-state index in [0.717, 1.165) is 11.0 Å². The Morgan fingerprint density at radius 3 is 2.38 bits per heavy atom. The molecule has 1 atom stereocenters. The first-order chi connectivity index (χ1) is 17.7. The number of carbonyl (C=O) groups excluding carboxylic acids is 2. The molecular formula is C27H22Cl2FNO6. The number of hydrogen-bond donors (Lipinski definition) is 2. The fourth-order valence-electron chi connectivity index (χ4n) is 4.11. The van der Waals surface area contributed by atoms with Crippen LogP contribution in [0.15, 0.2) is 60.2 Å². The Kier molecular flexibility index (Phi) is 7.61. The van der Waals surface area contributed by atoms with E-state index in [-0.39, 0.29) is 45.0 Å². The first kappa shape index (κ1) is 26.3. The quantitative estimate of drug-likeness (QED) is 0.206. The number of aromatic hydroxyl groups is 1. The van der Waals surface area contributed by atoms with Gasteiger partial charge in [0.05, 0.1) is 34.9 Å². The molecule has 0 aromatic heterocycles. The second kappa shape index (κ2) is 10.7. The number of carbonyl (C=O) groups is 2. The number of anilines is 1. The molecule has 3 aromatic rings. The molecule has 4 rings (SSSR count). The lowest BCUT2D eigenvalue weighted by atomic mass is 9.94. The summed E-state index contributed by atoms with van der Waals surface area (Å²) in [5.74, 6) is -2.85. The van der Waals surface area contributed by atoms with Gasteiger partial charge in [-0.2, -0.15) is 0 Å². The van der Waals surface area contributed by atoms with Crippen molar-refractivity contribution in [3.05, 3.63) is 87.2 Å². The van der Waals surface area contributed by atoms with Crippen molar-refractivity contribution in [2.24, 2.45) is 0 Å². The summed E-state index contributed by atoms with van der Waals surface area (Å²) in [6.45, 7) is 4.11. The van der Waals surface area contributed by atoms with Crippen LogP contribution in [0.2, 0.25) is 10.0 Å². The van der Waals surface area contributed by atoms with E-state index in [2.05, 4.69) is 0 Å². The summed E-state index contributed by atoms with van der Waals surface area (Å²) >= 11 is 12.3. The van der Waals surface area contributed by atoms with Gasteiger partial charge in [-0.25, -0.2) is 4.39 Å². The second-order valence-corrected chi connectivity index (χ2v) is 8.82. The molecule has 37 heavy (non-hydrogen) atoms. The van der Waals surface area contributed by atoms with Crippen LogP contribution in [-0.2, 0) is 9.59 Å². The molecular weight excluding hydrogens is 524 g/mol. The molecule has 1 unspecified atom stereocenters. The summed E-state index contributed by atoms with van der Waals surface area (Å²) in [5.41, 5.74) is 0.267. The molecule has 0 saturated carbocycles. The van der Waals surface area contributed by atoms with Crippen molar-refractivity contribution >= 4 is 46.3 Å². The third-order valence-electron chi connectivity index (χ3n) is 5.73. The van der Waals surface area contributed by atoms with E-state index >= 15 is 0 Å². The van der Waals surface area contributed by atoms with Crippen molar-refractivity contribution in [1.29, 1.82) is 0 Å². The number of ether oxygens (including phenoxy) is 2. The van der Waals surface area contributed by atoms with Crippen molar-refractivity contribution in [2.75, 3.05) is 18.1 Å². The maximum absolute atomic E-state index is 13.9. The van der Waals surface area contributed by atoms with E-state index < -0.39 is 29.3 Å². The number of aliphatic hydroxyl groups is 1. The topological polar surface area (TPSA) is 96.3 Å². The Hall–Kier alpha value is -3.75. The zero-order chi connectivity index (χ0) is 26.9. The molecule has 0 bridgehead atoms. The van der Waals surface area contributed by atoms with E-state index in [1.807, 2.05) is 0 Å². The third-order valence-corrected chi connectivity index (χ3v) is 6.35. The Morgan fingerprint density at radius 1 is 0.973 bits per heavy atom. The lowest BCUT2D eigenvalue weighted by molar-refractivity contribution is -0.132. The second-order valence-electron chi connectivity index (χ2n) is 8.00. The van der Waals surface area contributed by atoms with Crippen molar-refractivity contribution in [3.8, 4) is 17.2 Å². The molecule has 2 N–H and O–H groups in total. The summed E-state index contributed by atoms with van der Waals surface area (Å²) in [7, 11) is 0. The van der Waals surface area contributed by atoms with Crippen LogP contribution in [0.25, 0.3) is 5.76 Å². The van der Waals surface area contributed by atoms with Crippen molar-refractivity contribution in [1.82, 2.24) is 0 Å². The molecule has 10 heteroatoms. The van der Waals surface area contributed by atoms with Gasteiger partial charge in [-0.05, 0) is 67.9 Å². The lowest BCUT2D eigenvalue weighted by Gasteiger charge is -2.26. The average molecular weight is 546 g/mol. The third kappa shape index (κ3) is 4.95. The van der Waals surface area contributed by atoms with Crippen LogP contribution < -0.4 is 14.4 Å². The number of phenols is 1. The maximum atomic E-state index is 13.9. The first-order valence-electron chi connectivity index (χ1n) is 11.3. The highest BCUT2D eigenvalue weighted by molar-refractivity contribution is 6.52. The van der Waals surface area contributed by atoms with E-state index in [4.69, 9.17) is 32.7 Å². The molecule has 1 fully saturated rings. The zero-order valence-electron chi connectivity index (χ0n) is 19.8. The lowest BCUT2D eigenvalue weighted by Crippen LogP contribution is -2.29. The molecule has 0 aliphatic carbocycles. The number of nitrogens with zero attached hydrogens (tertiary/aromatic N) is 1. The minimum atomic E-state index is -1.19. The summed E-state index contributed by atoms with van der Waals surface area (Å²) < 4.78 is 24.9. The SMILES string of the molecule is CCOc1ccc(Cl)c(/C(O)=C2\C(=O)C(=O)N(c3ccc(F)c(Cl)c3)C2c2ccc(O)c(OCC)c2)c1. The fourth-order valence-corrected chi connectivity index (χ4v) is 4.49. The van der Waals surface area contributed by atoms with E-state index in [9.17, 15) is 24.2 Å². The van der Waals surface area contributed by atoms with Gasteiger partial charge >= 0.3 is 0 Å². The molecule has 1 aliphatic rings. The number of halogens is 3. The van der Waals surface area contributed by atoms with Crippen LogP contribution in [0.1, 0.15) is 31.0 Å². The molecule has 1 saturated heterocycles. The first-order valence-corrected chi connectivity index (χ1v) is 12.1. The zero-order valence-corrected chi connectivity index (χ0v) is 21.3. The normalized spacial score (nSPS) is 16.8. The highest BCUT2D eigenvalue weighted by atomic mass is 35.5. The summed E-state index contributed by atoms with van der Waals surface area (Å²) in [5, 5.41) is 21.5. The van der Waals surface area contributed by atoms with Crippen molar-refractivity contribution < 1.29 is 33.7 Å². The fraction of sp³-hybridized carbons (Fsp3) is 0.185. The van der Waals surface area contributed by atoms with Crippen LogP contribution in [-0.4, -0.2) is 35.1 Å². The highest BCUT2D eigenvalue weighted by Gasteiger charge is 2.47. The number of ketones is 1. The van der Waals surface area contributed by atoms with Gasteiger partial charge in [0.1, 0.15) is 17.3 Å². The number of amides is 1. The minimum absolute atomic E-state index is 0.0802. The Labute approximate surface area is 222 Å². The summed E-state index contributed by atoms with van der Waals surface area (Å²) in [6.07, 6.45) is 0. The monoisotopic (exact) mass is 545 g/mol. The van der Waals surface area contributed by atoms with Crippen LogP contribution >= 0.6 is 23.2 Å². The molecule has 1 heterocycles. The van der Waals surface area contributed by atoms with Gasteiger partial charge < -0.3 is 19.7 Å². The van der Waals surface area contributed by atoms with Crippen LogP contribution in [0.3, 0.4) is 0 Å². The number of hydrogen-bond acceptors (Lipinski definition) is 6. The van der Waals surface area contributed by atoms with E-state index in [1.165, 1.54) is 42.5 Å². The summed E-state index contributed by atoms with van der Waals surface area (Å²) in [6, 6.07) is 11.2. The minimum Gasteiger partial charge on any atom is -0.507 e. The van der Waals surface area contributed by atoms with Gasteiger partial charge in [0.2, 0.25) is 0 Å². The van der Waals surface area contributed by atoms with Gasteiger partial charge in [0, 0.05) is 11.3 Å². The summed E-state index contributed by atoms with van der Waals surface area (Å²) in [4.78, 5) is 27.8. The van der Waals surface area contributed by atoms with Crippen molar-refractivity contribution in [3.63, 3.8) is 0 Å². The van der Waals surface area contributed by atoms with Gasteiger partial charge in [-0.15, -0.1) is 0 Å². The highest BCUT2D eigenvalue weighted by Crippen LogP contribution is 2.45. The molecule has 3 aromatic carbocycles. The van der Waals surface area contributed by atoms with Crippen LogP contribution in [0.5, 0.6) is 17.2 Å². The van der Waals surface area contributed by atoms with E-state index in [1.54, 1.807) is 19.9 Å². The predicted molar refractivity (Wildman–Crippen MR) is 138 cm³/mol. The molecule has 192 valence electrons. The number of aliphatic hydroxyl groups excluding tert-OH is 1. The Bertz CT molecular complexity index is 1420. The average Bonchev–Trinajstić information content (AvgIpc) is 3.13. The van der Waals surface area contributed by atoms with Crippen LogP contribution in [0, 0.1) is 5.82 Å². The number of benzene rings is 3. The number of rotatable bonds is 7. The molecule has 1 amide bonds. The molecule has 0 spiro atoms.